The van der Waals surface area contributed by atoms with Gasteiger partial charge in [0.15, 0.2) is 0 Å². The van der Waals surface area contributed by atoms with Crippen molar-refractivity contribution in [1.29, 1.82) is 0 Å². The van der Waals surface area contributed by atoms with E-state index in [1.807, 2.05) is 0 Å². The summed E-state index contributed by atoms with van der Waals surface area (Å²) in [5.74, 6) is -0.161. The molecule has 0 bridgehead atoms. The summed E-state index contributed by atoms with van der Waals surface area (Å²) in [5.41, 5.74) is 0.410. The van der Waals surface area contributed by atoms with Gasteiger partial charge in [-0.1, -0.05) is 12.1 Å². The Hall–Kier alpha value is -2.10. The van der Waals surface area contributed by atoms with Crippen molar-refractivity contribution in [3.63, 3.8) is 0 Å². The molecule has 1 amide bonds. The molecule has 1 N–H and O–H groups in total. The normalized spacial score (nSPS) is 18.5. The molecule has 2 atom stereocenters. The number of hydrogen-bond acceptors (Lipinski definition) is 4. The standard InChI is InChI=1S/C18H21F3N4O2.ClH/c1-22-16(13-9-23-24(2)10-13)17(26)25-6-7-27-15(11-25)12-4-3-5-14(8-12)18(19,20)21;/h3-5,8-10,15-16,22H,6-7,11H2,1-2H3;1H. The Labute approximate surface area is 167 Å². The average Bonchev–Trinajstić information content (AvgIpc) is 3.08. The highest BCUT2D eigenvalue weighted by atomic mass is 35.5. The Morgan fingerprint density at radius 3 is 2.75 bits per heavy atom. The first-order valence-electron chi connectivity index (χ1n) is 8.53. The summed E-state index contributed by atoms with van der Waals surface area (Å²) in [5, 5.41) is 7.06. The first-order chi connectivity index (χ1) is 12.8. The molecule has 28 heavy (non-hydrogen) atoms. The zero-order valence-electron chi connectivity index (χ0n) is 15.4. The van der Waals surface area contributed by atoms with Crippen LogP contribution in [0.3, 0.4) is 0 Å². The number of rotatable bonds is 4. The van der Waals surface area contributed by atoms with Crippen LogP contribution in [0, 0.1) is 0 Å². The van der Waals surface area contributed by atoms with Crippen molar-refractivity contribution in [2.45, 2.75) is 18.3 Å². The van der Waals surface area contributed by atoms with Crippen molar-refractivity contribution >= 4 is 18.3 Å². The first-order valence-corrected chi connectivity index (χ1v) is 8.53. The van der Waals surface area contributed by atoms with Crippen LogP contribution in [0.25, 0.3) is 0 Å². The number of amides is 1. The van der Waals surface area contributed by atoms with Crippen LogP contribution in [0.4, 0.5) is 13.2 Å². The zero-order chi connectivity index (χ0) is 19.6. The fourth-order valence-corrected chi connectivity index (χ4v) is 3.17. The largest absolute Gasteiger partial charge is 0.416 e. The quantitative estimate of drug-likeness (QED) is 0.829. The van der Waals surface area contributed by atoms with Crippen LogP contribution in [0.2, 0.25) is 0 Å². The molecule has 1 aliphatic heterocycles. The molecule has 6 nitrogen and oxygen atoms in total. The van der Waals surface area contributed by atoms with E-state index >= 15 is 0 Å². The number of aromatic nitrogens is 2. The van der Waals surface area contributed by atoms with Crippen molar-refractivity contribution in [1.82, 2.24) is 20.0 Å². The van der Waals surface area contributed by atoms with E-state index in [1.54, 1.807) is 42.1 Å². The molecule has 1 aromatic carbocycles. The van der Waals surface area contributed by atoms with Gasteiger partial charge in [0.1, 0.15) is 12.1 Å². The third-order valence-electron chi connectivity index (χ3n) is 4.56. The van der Waals surface area contributed by atoms with Gasteiger partial charge in [0.05, 0.1) is 24.9 Å². The minimum absolute atomic E-state index is 0. The van der Waals surface area contributed by atoms with Gasteiger partial charge in [-0.3, -0.25) is 9.48 Å². The van der Waals surface area contributed by atoms with E-state index in [4.69, 9.17) is 4.74 Å². The molecule has 2 unspecified atom stereocenters. The van der Waals surface area contributed by atoms with Crippen LogP contribution in [0.15, 0.2) is 36.7 Å². The van der Waals surface area contributed by atoms with Crippen LogP contribution in [-0.4, -0.2) is 47.3 Å². The molecular formula is C18H22ClF3N4O2. The predicted octanol–water partition coefficient (Wildman–Crippen LogP) is 2.72. The van der Waals surface area contributed by atoms with E-state index in [-0.39, 0.29) is 31.5 Å². The SMILES string of the molecule is CNC(C(=O)N1CCOC(c2cccc(C(F)(F)F)c2)C1)c1cnn(C)c1.Cl. The summed E-state index contributed by atoms with van der Waals surface area (Å²) in [4.78, 5) is 14.5. The minimum atomic E-state index is -4.42. The predicted molar refractivity (Wildman–Crippen MR) is 99.0 cm³/mol. The molecule has 1 aliphatic rings. The maximum atomic E-state index is 13.0. The third-order valence-corrected chi connectivity index (χ3v) is 4.56. The summed E-state index contributed by atoms with van der Waals surface area (Å²) < 4.78 is 46.1. The average molecular weight is 419 g/mol. The van der Waals surface area contributed by atoms with Crippen molar-refractivity contribution < 1.29 is 22.7 Å². The van der Waals surface area contributed by atoms with Gasteiger partial charge in [0.2, 0.25) is 5.91 Å². The molecule has 0 saturated carbocycles. The van der Waals surface area contributed by atoms with Gasteiger partial charge >= 0.3 is 6.18 Å². The van der Waals surface area contributed by atoms with Crippen LogP contribution >= 0.6 is 12.4 Å². The van der Waals surface area contributed by atoms with E-state index in [0.29, 0.717) is 12.1 Å². The third kappa shape index (κ3) is 4.84. The smallest absolute Gasteiger partial charge is 0.370 e. The number of likely N-dealkylation sites (N-methyl/N-ethyl adjacent to an activating group) is 1. The maximum absolute atomic E-state index is 13.0. The lowest BCUT2D eigenvalue weighted by atomic mass is 10.0. The van der Waals surface area contributed by atoms with Gasteiger partial charge in [0.25, 0.3) is 0 Å². The van der Waals surface area contributed by atoms with E-state index in [1.165, 1.54) is 6.07 Å². The number of ether oxygens (including phenoxy) is 1. The van der Waals surface area contributed by atoms with Gasteiger partial charge in [-0.05, 0) is 24.7 Å². The number of hydrogen-bond donors (Lipinski definition) is 1. The topological polar surface area (TPSA) is 59.4 Å². The number of nitrogens with zero attached hydrogens (tertiary/aromatic N) is 3. The van der Waals surface area contributed by atoms with Crippen LogP contribution in [0.5, 0.6) is 0 Å². The second-order valence-corrected chi connectivity index (χ2v) is 6.44. The highest BCUT2D eigenvalue weighted by molar-refractivity contribution is 5.85. The number of carbonyl (C=O) groups excluding carboxylic acids is 1. The van der Waals surface area contributed by atoms with Crippen molar-refractivity contribution in [3.8, 4) is 0 Å². The summed E-state index contributed by atoms with van der Waals surface area (Å²) in [7, 11) is 3.44. The van der Waals surface area contributed by atoms with Gasteiger partial charge < -0.3 is 15.0 Å². The van der Waals surface area contributed by atoms with Crippen LogP contribution in [0.1, 0.15) is 28.8 Å². The Balaban J connectivity index is 0.00000280. The van der Waals surface area contributed by atoms with Gasteiger partial charge in [-0.2, -0.15) is 18.3 Å². The molecule has 1 saturated heterocycles. The lowest BCUT2D eigenvalue weighted by molar-refractivity contribution is -0.142. The Kier molecular flexibility index (Phi) is 7.08. The maximum Gasteiger partial charge on any atom is 0.416 e. The zero-order valence-corrected chi connectivity index (χ0v) is 16.3. The monoisotopic (exact) mass is 418 g/mol. The molecule has 0 spiro atoms. The van der Waals surface area contributed by atoms with Gasteiger partial charge in [-0.15, -0.1) is 12.4 Å². The summed E-state index contributed by atoms with van der Waals surface area (Å²) in [6, 6.07) is 4.47. The summed E-state index contributed by atoms with van der Waals surface area (Å²) >= 11 is 0. The minimum Gasteiger partial charge on any atom is -0.370 e. The second-order valence-electron chi connectivity index (χ2n) is 6.44. The van der Waals surface area contributed by atoms with E-state index in [0.717, 1.165) is 17.7 Å². The van der Waals surface area contributed by atoms with Crippen molar-refractivity contribution in [2.24, 2.45) is 7.05 Å². The molecule has 1 fully saturated rings. The molecule has 10 heteroatoms. The van der Waals surface area contributed by atoms with E-state index < -0.39 is 23.9 Å². The number of morpholine rings is 1. The lowest BCUT2D eigenvalue weighted by Gasteiger charge is -2.35. The number of carbonyl (C=O) groups is 1. The summed E-state index contributed by atoms with van der Waals surface area (Å²) in [6.07, 6.45) is -1.65. The highest BCUT2D eigenvalue weighted by Crippen LogP contribution is 2.32. The molecule has 2 aromatic rings. The van der Waals surface area contributed by atoms with E-state index in [2.05, 4.69) is 10.4 Å². The van der Waals surface area contributed by atoms with Crippen molar-refractivity contribution in [2.75, 3.05) is 26.7 Å². The molecule has 154 valence electrons. The summed E-state index contributed by atoms with van der Waals surface area (Å²) in [6.45, 7) is 0.835. The molecule has 1 aromatic heterocycles. The molecule has 0 aliphatic carbocycles. The fraction of sp³-hybridized carbons (Fsp3) is 0.444. The van der Waals surface area contributed by atoms with Gasteiger partial charge in [0, 0.05) is 25.4 Å². The Morgan fingerprint density at radius 2 is 2.14 bits per heavy atom. The molecular weight excluding hydrogens is 397 g/mol. The number of benzene rings is 1. The fourth-order valence-electron chi connectivity index (χ4n) is 3.17. The van der Waals surface area contributed by atoms with Crippen LogP contribution < -0.4 is 5.32 Å². The number of alkyl halides is 3. The number of halogens is 4. The Morgan fingerprint density at radius 1 is 1.39 bits per heavy atom. The van der Waals surface area contributed by atoms with Gasteiger partial charge in [-0.25, -0.2) is 0 Å². The Bertz CT molecular complexity index is 812. The second kappa shape index (κ2) is 8.93. The molecule has 3 rings (SSSR count). The lowest BCUT2D eigenvalue weighted by Crippen LogP contribution is -2.46. The number of aryl methyl sites for hydroxylation is 1. The van der Waals surface area contributed by atoms with E-state index in [9.17, 15) is 18.0 Å². The molecule has 0 radical (unpaired) electrons. The van der Waals surface area contributed by atoms with Crippen molar-refractivity contribution in [3.05, 3.63) is 53.3 Å². The highest BCUT2D eigenvalue weighted by Gasteiger charge is 2.33. The molecule has 2 heterocycles. The van der Waals surface area contributed by atoms with Crippen LogP contribution in [-0.2, 0) is 22.8 Å². The number of nitrogens with one attached hydrogen (secondary N) is 1. The first kappa shape index (κ1) is 22.2.